The molecule has 5 N–H and O–H groups in total. The van der Waals surface area contributed by atoms with E-state index in [1.807, 2.05) is 55.5 Å². The molecule has 0 aliphatic heterocycles. The lowest BCUT2D eigenvalue weighted by Gasteiger charge is -2.22. The van der Waals surface area contributed by atoms with Crippen LogP contribution in [0.3, 0.4) is 0 Å². The second-order valence-corrected chi connectivity index (χ2v) is 10.0. The molecule has 41 heavy (non-hydrogen) atoms. The number of hydrogen-bond acceptors (Lipinski definition) is 11. The highest BCUT2D eigenvalue weighted by Gasteiger charge is 2.23. The Morgan fingerprint density at radius 3 is 2.76 bits per heavy atom. The minimum Gasteiger partial charge on any atom is -0.358 e. The maximum absolute atomic E-state index is 14.3. The number of H-pyrrole nitrogens is 1. The summed E-state index contributed by atoms with van der Waals surface area (Å²) in [4.78, 5) is 51.3. The van der Waals surface area contributed by atoms with Crippen molar-refractivity contribution in [2.24, 2.45) is 0 Å². The van der Waals surface area contributed by atoms with Gasteiger partial charge in [-0.1, -0.05) is 48.6 Å². The van der Waals surface area contributed by atoms with E-state index in [-0.39, 0.29) is 23.0 Å². The van der Waals surface area contributed by atoms with Gasteiger partial charge in [-0.05, 0) is 30.2 Å². The van der Waals surface area contributed by atoms with Crippen LogP contribution in [0.5, 0.6) is 0 Å². The molecule has 0 radical (unpaired) electrons. The molecule has 206 valence electrons. The van der Waals surface area contributed by atoms with E-state index in [2.05, 4.69) is 35.6 Å². The van der Waals surface area contributed by atoms with Crippen LogP contribution in [0, 0.1) is 0 Å². The second-order valence-electron chi connectivity index (χ2n) is 9.01. The number of fused-ring (bicyclic) bond motifs is 2. The Labute approximate surface area is 236 Å². The van der Waals surface area contributed by atoms with E-state index >= 15 is 0 Å². The average Bonchev–Trinajstić information content (AvgIpc) is 3.69. The van der Waals surface area contributed by atoms with Crippen molar-refractivity contribution >= 4 is 50.3 Å². The van der Waals surface area contributed by atoms with Gasteiger partial charge in [-0.25, -0.2) is 30.4 Å². The lowest BCUT2D eigenvalue weighted by Crippen LogP contribution is -2.29. The molecule has 1 amide bonds. The van der Waals surface area contributed by atoms with Crippen molar-refractivity contribution in [2.75, 3.05) is 10.6 Å². The van der Waals surface area contributed by atoms with Crippen LogP contribution in [0.15, 0.2) is 72.2 Å². The van der Waals surface area contributed by atoms with Gasteiger partial charge in [0.15, 0.2) is 16.6 Å². The Hall–Kier alpha value is -5.21. The number of aromatic nitrogens is 7. The third-order valence-corrected chi connectivity index (χ3v) is 7.49. The summed E-state index contributed by atoms with van der Waals surface area (Å²) in [5, 5.41) is 16.4. The van der Waals surface area contributed by atoms with Crippen LogP contribution >= 0.6 is 11.3 Å². The van der Waals surface area contributed by atoms with Gasteiger partial charge in [0, 0.05) is 6.54 Å². The van der Waals surface area contributed by atoms with Crippen LogP contribution in [0.4, 0.5) is 10.9 Å². The fourth-order valence-electron chi connectivity index (χ4n) is 4.60. The molecular weight excluding hydrogens is 544 g/mol. The number of nitrogens with one attached hydrogen (secondary N) is 4. The second kappa shape index (κ2) is 11.1. The molecule has 0 aliphatic rings. The van der Waals surface area contributed by atoms with Crippen molar-refractivity contribution in [2.45, 2.75) is 25.9 Å². The van der Waals surface area contributed by atoms with Crippen molar-refractivity contribution in [1.29, 1.82) is 0 Å². The molecule has 13 nitrogen and oxygen atoms in total. The van der Waals surface area contributed by atoms with Gasteiger partial charge in [-0.3, -0.25) is 19.4 Å². The zero-order valence-corrected chi connectivity index (χ0v) is 22.5. The van der Waals surface area contributed by atoms with E-state index < -0.39 is 5.91 Å². The number of carbonyl (C=O) groups is 1. The van der Waals surface area contributed by atoms with Crippen LogP contribution in [0.1, 0.15) is 40.4 Å². The molecule has 0 bridgehead atoms. The fraction of sp³-hybridized carbons (Fsp3) is 0.148. The molecule has 6 aromatic rings. The van der Waals surface area contributed by atoms with Crippen molar-refractivity contribution < 1.29 is 10.0 Å². The highest BCUT2D eigenvalue weighted by atomic mass is 32.1. The number of benzene rings is 2. The number of hydroxylamine groups is 1. The number of rotatable bonds is 9. The molecule has 2 aromatic carbocycles. The summed E-state index contributed by atoms with van der Waals surface area (Å²) < 4.78 is 1.63. The molecule has 0 spiro atoms. The molecule has 4 aromatic heterocycles. The van der Waals surface area contributed by atoms with Crippen molar-refractivity contribution in [3.8, 4) is 5.69 Å². The maximum atomic E-state index is 14.3. The minimum atomic E-state index is -0.641. The summed E-state index contributed by atoms with van der Waals surface area (Å²) in [5.74, 6) is 0.452. The van der Waals surface area contributed by atoms with Gasteiger partial charge in [0.25, 0.3) is 11.5 Å². The van der Waals surface area contributed by atoms with Gasteiger partial charge < -0.3 is 15.6 Å². The van der Waals surface area contributed by atoms with Crippen molar-refractivity contribution in [3.63, 3.8) is 0 Å². The van der Waals surface area contributed by atoms with Crippen LogP contribution in [0.2, 0.25) is 0 Å². The number of para-hydroxylation sites is 1. The summed E-state index contributed by atoms with van der Waals surface area (Å²) in [7, 11) is 0. The number of hydrogen-bond donors (Lipinski definition) is 5. The minimum absolute atomic E-state index is 0.220. The predicted octanol–water partition coefficient (Wildman–Crippen LogP) is 3.80. The van der Waals surface area contributed by atoms with E-state index in [0.29, 0.717) is 50.9 Å². The fourth-order valence-corrected chi connectivity index (χ4v) is 5.30. The van der Waals surface area contributed by atoms with E-state index in [0.717, 1.165) is 16.9 Å². The van der Waals surface area contributed by atoms with Gasteiger partial charge in [0.2, 0.25) is 0 Å². The Balaban J connectivity index is 1.44. The standard InChI is InChI=1S/C27H24N10O3S/c1-2-17(34-23-21-22(31-13-30-21)32-14-33-23)24-35-18-10-6-7-15(11-28-27-29-12-19(41-27)25(38)36-40)20(18)26(39)37(24)16-8-4-3-5-9-16/h3-10,12-14,17,40H,2,11H2,1H3,(H,28,29)(H,36,38)(H2,30,31,32,33,34)/t17-/m0/s1. The number of carbonyl (C=O) groups excluding carboxylic acids is 1. The van der Waals surface area contributed by atoms with Gasteiger partial charge in [0.1, 0.15) is 22.5 Å². The van der Waals surface area contributed by atoms with E-state index in [1.54, 1.807) is 16.4 Å². The SMILES string of the molecule is CC[C@H](Nc1ncnc2nc[nH]c12)c1nc2cccc(CNc3ncc(C(=O)NO)s3)c2c(=O)n1-c1ccccc1. The van der Waals surface area contributed by atoms with Crippen LogP contribution < -0.4 is 21.7 Å². The number of nitrogens with zero attached hydrogens (tertiary/aromatic N) is 6. The van der Waals surface area contributed by atoms with Gasteiger partial charge in [-0.2, -0.15) is 0 Å². The molecule has 4 heterocycles. The quantitative estimate of drug-likeness (QED) is 0.127. The van der Waals surface area contributed by atoms with E-state index in [1.165, 1.54) is 12.5 Å². The van der Waals surface area contributed by atoms with Crippen molar-refractivity contribution in [3.05, 3.63) is 94.0 Å². The molecular formula is C27H24N10O3S. The van der Waals surface area contributed by atoms with Crippen LogP contribution in [-0.4, -0.2) is 45.6 Å². The number of anilines is 2. The first-order valence-corrected chi connectivity index (χ1v) is 13.5. The zero-order valence-electron chi connectivity index (χ0n) is 21.7. The van der Waals surface area contributed by atoms with Crippen molar-refractivity contribution in [1.82, 2.24) is 40.0 Å². The lowest BCUT2D eigenvalue weighted by atomic mass is 10.1. The van der Waals surface area contributed by atoms with Gasteiger partial charge >= 0.3 is 0 Å². The molecule has 0 saturated heterocycles. The number of imidazole rings is 1. The highest BCUT2D eigenvalue weighted by Crippen LogP contribution is 2.27. The zero-order chi connectivity index (χ0) is 28.3. The summed E-state index contributed by atoms with van der Waals surface area (Å²) in [6.45, 7) is 2.28. The molecule has 6 rings (SSSR count). The Morgan fingerprint density at radius 1 is 1.10 bits per heavy atom. The molecule has 0 fully saturated rings. The number of amides is 1. The molecule has 1 atom stereocenters. The third kappa shape index (κ3) is 4.97. The summed E-state index contributed by atoms with van der Waals surface area (Å²) in [5.41, 5.74) is 4.52. The summed E-state index contributed by atoms with van der Waals surface area (Å²) >= 11 is 1.09. The molecule has 0 saturated carbocycles. The topological polar surface area (TPSA) is 176 Å². The predicted molar refractivity (Wildman–Crippen MR) is 154 cm³/mol. The Bertz CT molecular complexity index is 1920. The van der Waals surface area contributed by atoms with Crippen LogP contribution in [-0.2, 0) is 6.54 Å². The number of aromatic amines is 1. The Kier molecular flexibility index (Phi) is 7.06. The average molecular weight is 569 g/mol. The summed E-state index contributed by atoms with van der Waals surface area (Å²) in [6.07, 6.45) is 4.98. The Morgan fingerprint density at radius 2 is 1.95 bits per heavy atom. The monoisotopic (exact) mass is 568 g/mol. The molecule has 0 unspecified atom stereocenters. The first-order valence-electron chi connectivity index (χ1n) is 12.7. The third-order valence-electron chi connectivity index (χ3n) is 6.54. The first-order chi connectivity index (χ1) is 20.1. The normalized spacial score (nSPS) is 12.0. The van der Waals surface area contributed by atoms with Gasteiger partial charge in [-0.15, -0.1) is 0 Å². The molecule has 14 heteroatoms. The highest BCUT2D eigenvalue weighted by molar-refractivity contribution is 7.17. The first kappa shape index (κ1) is 26.0. The summed E-state index contributed by atoms with van der Waals surface area (Å²) in [6, 6.07) is 14.5. The maximum Gasteiger partial charge on any atom is 0.286 e. The van der Waals surface area contributed by atoms with Crippen LogP contribution in [0.25, 0.3) is 27.8 Å². The largest absolute Gasteiger partial charge is 0.358 e. The van der Waals surface area contributed by atoms with E-state index in [4.69, 9.17) is 10.2 Å². The van der Waals surface area contributed by atoms with E-state index in [9.17, 15) is 9.59 Å². The number of thiazole rings is 1. The van der Waals surface area contributed by atoms with Gasteiger partial charge in [0.05, 0.1) is 35.2 Å². The molecule has 0 aliphatic carbocycles. The smallest absolute Gasteiger partial charge is 0.286 e. The lowest BCUT2D eigenvalue weighted by molar-refractivity contribution is 0.0710.